The Balaban J connectivity index is 1.73. The molecule has 0 aliphatic carbocycles. The Morgan fingerprint density at radius 2 is 1.88 bits per heavy atom. The summed E-state index contributed by atoms with van der Waals surface area (Å²) < 4.78 is 5.32. The van der Waals surface area contributed by atoms with E-state index < -0.39 is 0 Å². The van der Waals surface area contributed by atoms with Crippen LogP contribution in [0.15, 0.2) is 24.3 Å². The molecule has 5 heteroatoms. The van der Waals surface area contributed by atoms with Gasteiger partial charge in [-0.15, -0.1) is 0 Å². The first-order valence-electron chi connectivity index (χ1n) is 8.90. The zero-order valence-electron chi connectivity index (χ0n) is 14.5. The summed E-state index contributed by atoms with van der Waals surface area (Å²) in [5.74, 6) is 0.184. The number of aliphatic hydroxyl groups excluding tert-OH is 1. The van der Waals surface area contributed by atoms with Crippen LogP contribution in [0, 0.1) is 12.3 Å². The molecule has 1 N–H and O–H groups in total. The van der Waals surface area contributed by atoms with Crippen molar-refractivity contribution in [2.45, 2.75) is 26.2 Å². The van der Waals surface area contributed by atoms with Crippen molar-refractivity contribution in [3.8, 4) is 0 Å². The highest BCUT2D eigenvalue weighted by molar-refractivity contribution is 5.81. The molecule has 2 fully saturated rings. The zero-order valence-corrected chi connectivity index (χ0v) is 14.5. The highest BCUT2D eigenvalue weighted by Crippen LogP contribution is 2.30. The molecule has 0 atom stereocenters. The second kappa shape index (κ2) is 7.53. The van der Waals surface area contributed by atoms with Gasteiger partial charge >= 0.3 is 0 Å². The Morgan fingerprint density at radius 3 is 2.42 bits per heavy atom. The molecule has 1 aromatic rings. The summed E-state index contributed by atoms with van der Waals surface area (Å²) in [5.41, 5.74) is 1.99. The predicted molar refractivity (Wildman–Crippen MR) is 94.2 cm³/mol. The van der Waals surface area contributed by atoms with E-state index in [1.165, 1.54) is 12.0 Å². The minimum Gasteiger partial charge on any atom is -0.396 e. The number of carbonyl (C=O) groups excluding carboxylic acids is 1. The van der Waals surface area contributed by atoms with Crippen LogP contribution < -0.4 is 4.90 Å². The molecule has 0 aromatic heterocycles. The van der Waals surface area contributed by atoms with Crippen LogP contribution in [0.1, 0.15) is 24.8 Å². The topological polar surface area (TPSA) is 53.0 Å². The van der Waals surface area contributed by atoms with Gasteiger partial charge in [0.15, 0.2) is 0 Å². The predicted octanol–water partition coefficient (Wildman–Crippen LogP) is 1.82. The summed E-state index contributed by atoms with van der Waals surface area (Å²) in [6.45, 7) is 6.02. The Hall–Kier alpha value is -1.59. The quantitative estimate of drug-likeness (QED) is 0.863. The number of likely N-dealkylation sites (tertiary alicyclic amines) is 1. The molecule has 0 saturated carbocycles. The molecule has 0 bridgehead atoms. The average molecular weight is 332 g/mol. The average Bonchev–Trinajstić information content (AvgIpc) is 2.58. The van der Waals surface area contributed by atoms with Crippen LogP contribution in [0.2, 0.25) is 0 Å². The molecule has 2 saturated heterocycles. The van der Waals surface area contributed by atoms with Crippen LogP contribution in [0.4, 0.5) is 5.69 Å². The fraction of sp³-hybridized carbons (Fsp3) is 0.632. The van der Waals surface area contributed by atoms with Gasteiger partial charge < -0.3 is 19.6 Å². The number of piperidine rings is 1. The van der Waals surface area contributed by atoms with Gasteiger partial charge in [-0.3, -0.25) is 4.79 Å². The van der Waals surface area contributed by atoms with E-state index >= 15 is 0 Å². The molecule has 1 amide bonds. The van der Waals surface area contributed by atoms with Crippen molar-refractivity contribution >= 4 is 11.6 Å². The first kappa shape index (κ1) is 17.2. The maximum Gasteiger partial charge on any atom is 0.242 e. The van der Waals surface area contributed by atoms with Crippen LogP contribution >= 0.6 is 0 Å². The first-order chi connectivity index (χ1) is 11.6. The van der Waals surface area contributed by atoms with Gasteiger partial charge in [-0.1, -0.05) is 17.7 Å². The number of ether oxygens (including phenoxy) is 1. The van der Waals surface area contributed by atoms with Crippen molar-refractivity contribution < 1.29 is 14.6 Å². The van der Waals surface area contributed by atoms with Crippen LogP contribution in [0.25, 0.3) is 0 Å². The van der Waals surface area contributed by atoms with Crippen LogP contribution in [0.5, 0.6) is 0 Å². The third kappa shape index (κ3) is 3.90. The van der Waals surface area contributed by atoms with Gasteiger partial charge in [0.25, 0.3) is 0 Å². The maximum atomic E-state index is 12.7. The van der Waals surface area contributed by atoms with E-state index in [4.69, 9.17) is 4.74 Å². The molecule has 2 heterocycles. The van der Waals surface area contributed by atoms with E-state index in [1.54, 1.807) is 0 Å². The van der Waals surface area contributed by atoms with E-state index in [9.17, 15) is 9.90 Å². The van der Waals surface area contributed by atoms with Crippen LogP contribution in [-0.2, 0) is 9.53 Å². The first-order valence-corrected chi connectivity index (χ1v) is 8.90. The maximum absolute atomic E-state index is 12.7. The summed E-state index contributed by atoms with van der Waals surface area (Å²) in [7, 11) is 0. The van der Waals surface area contributed by atoms with Crippen molar-refractivity contribution in [2.24, 2.45) is 5.41 Å². The van der Waals surface area contributed by atoms with E-state index in [1.807, 2.05) is 4.90 Å². The third-order valence-electron chi connectivity index (χ3n) is 5.11. The zero-order chi connectivity index (χ0) is 17.0. The number of aryl methyl sites for hydroxylation is 1. The molecule has 2 aliphatic heterocycles. The number of rotatable bonds is 6. The van der Waals surface area contributed by atoms with E-state index in [2.05, 4.69) is 36.1 Å². The fourth-order valence-electron chi connectivity index (χ4n) is 3.43. The van der Waals surface area contributed by atoms with Crippen molar-refractivity contribution in [3.05, 3.63) is 29.8 Å². The van der Waals surface area contributed by atoms with E-state index in [0.717, 1.165) is 31.6 Å². The summed E-state index contributed by atoms with van der Waals surface area (Å²) in [6.07, 6.45) is 3.42. The number of nitrogens with zero attached hydrogens (tertiary/aromatic N) is 2. The minimum absolute atomic E-state index is 0.0905. The molecule has 1 aromatic carbocycles. The van der Waals surface area contributed by atoms with Crippen molar-refractivity contribution in [1.29, 1.82) is 0 Å². The summed E-state index contributed by atoms with van der Waals surface area (Å²) in [5, 5.41) is 9.76. The largest absolute Gasteiger partial charge is 0.396 e. The van der Waals surface area contributed by atoms with Gasteiger partial charge in [-0.25, -0.2) is 0 Å². The van der Waals surface area contributed by atoms with Gasteiger partial charge in [0.05, 0.1) is 31.8 Å². The second-order valence-corrected chi connectivity index (χ2v) is 7.28. The van der Waals surface area contributed by atoms with Gasteiger partial charge in [-0.05, 0) is 38.3 Å². The highest BCUT2D eigenvalue weighted by atomic mass is 16.5. The standard InChI is InChI=1S/C19H28N2O3/c1-16-5-7-17(8-6-16)21(12-19(13-22)14-24-15-19)11-18(23)20-9-3-2-4-10-20/h5-8,22H,2-4,9-15H2,1H3. The number of amides is 1. The lowest BCUT2D eigenvalue weighted by atomic mass is 9.86. The van der Waals surface area contributed by atoms with Gasteiger partial charge in [0.1, 0.15) is 0 Å². The number of benzene rings is 1. The summed E-state index contributed by atoms with van der Waals surface area (Å²) >= 11 is 0. The molecule has 0 unspecified atom stereocenters. The molecular weight excluding hydrogens is 304 g/mol. The normalized spacial score (nSPS) is 19.7. The summed E-state index contributed by atoms with van der Waals surface area (Å²) in [4.78, 5) is 16.8. The lowest BCUT2D eigenvalue weighted by molar-refractivity contribution is -0.135. The number of anilines is 1. The Kier molecular flexibility index (Phi) is 5.41. The van der Waals surface area contributed by atoms with Crippen LogP contribution in [-0.4, -0.2) is 61.9 Å². The van der Waals surface area contributed by atoms with Gasteiger partial charge in [0.2, 0.25) is 5.91 Å². The number of aliphatic hydroxyl groups is 1. The number of hydrogen-bond donors (Lipinski definition) is 1. The Morgan fingerprint density at radius 1 is 1.21 bits per heavy atom. The lowest BCUT2D eigenvalue weighted by Gasteiger charge is -2.44. The number of carbonyl (C=O) groups is 1. The molecule has 0 radical (unpaired) electrons. The van der Waals surface area contributed by atoms with Crippen LogP contribution in [0.3, 0.4) is 0 Å². The van der Waals surface area contributed by atoms with Crippen molar-refractivity contribution in [3.63, 3.8) is 0 Å². The SMILES string of the molecule is Cc1ccc(N(CC(=O)N2CCCCC2)CC2(CO)COC2)cc1. The van der Waals surface area contributed by atoms with Crippen molar-refractivity contribution in [2.75, 3.05) is 50.9 Å². The van der Waals surface area contributed by atoms with Crippen molar-refractivity contribution in [1.82, 2.24) is 4.90 Å². The molecule has 132 valence electrons. The molecule has 5 nitrogen and oxygen atoms in total. The fourth-order valence-corrected chi connectivity index (χ4v) is 3.43. The molecule has 0 spiro atoms. The smallest absolute Gasteiger partial charge is 0.242 e. The summed E-state index contributed by atoms with van der Waals surface area (Å²) in [6, 6.07) is 8.25. The Bertz CT molecular complexity index is 543. The minimum atomic E-state index is -0.243. The molecule has 24 heavy (non-hydrogen) atoms. The van der Waals surface area contributed by atoms with Gasteiger partial charge in [-0.2, -0.15) is 0 Å². The second-order valence-electron chi connectivity index (χ2n) is 7.28. The third-order valence-corrected chi connectivity index (χ3v) is 5.11. The lowest BCUT2D eigenvalue weighted by Crippen LogP contribution is -2.55. The molecular formula is C19H28N2O3. The highest BCUT2D eigenvalue weighted by Gasteiger charge is 2.40. The number of hydrogen-bond acceptors (Lipinski definition) is 4. The van der Waals surface area contributed by atoms with E-state index in [-0.39, 0.29) is 17.9 Å². The van der Waals surface area contributed by atoms with Gasteiger partial charge in [0, 0.05) is 25.3 Å². The monoisotopic (exact) mass is 332 g/mol. The Labute approximate surface area is 144 Å². The molecule has 2 aliphatic rings. The molecule has 3 rings (SSSR count). The van der Waals surface area contributed by atoms with E-state index in [0.29, 0.717) is 26.3 Å².